The maximum absolute atomic E-state index is 14.2. The first-order chi connectivity index (χ1) is 27.1. The number of nitrogens with one attached hydrogen (secondary N) is 2. The van der Waals surface area contributed by atoms with Gasteiger partial charge in [0.2, 0.25) is 11.8 Å². The molecule has 3 amide bonds. The topological polar surface area (TPSA) is 147 Å². The maximum Gasteiger partial charge on any atom is 0.255 e. The fraction of sp³-hybridized carbons (Fsp3) is 0.415. The molecule has 2 aromatic heterocycles. The summed E-state index contributed by atoms with van der Waals surface area (Å²) in [6.07, 6.45) is 4.52. The van der Waals surface area contributed by atoms with Crippen molar-refractivity contribution in [2.24, 2.45) is 0 Å². The van der Waals surface area contributed by atoms with E-state index in [1.807, 2.05) is 36.2 Å². The Morgan fingerprint density at radius 2 is 1.88 bits per heavy atom. The van der Waals surface area contributed by atoms with E-state index in [0.717, 1.165) is 80.6 Å². The summed E-state index contributed by atoms with van der Waals surface area (Å²) < 4.78 is 14.2. The van der Waals surface area contributed by atoms with E-state index in [-0.39, 0.29) is 23.8 Å². The highest BCUT2D eigenvalue weighted by molar-refractivity contribution is 7.99. The highest BCUT2D eigenvalue weighted by atomic mass is 32.2. The number of thioether (sulfide) groups is 1. The van der Waals surface area contributed by atoms with Crippen LogP contribution in [0.3, 0.4) is 0 Å². The summed E-state index contributed by atoms with van der Waals surface area (Å²) in [7, 11) is 0. The molecule has 3 saturated heterocycles. The Morgan fingerprint density at radius 1 is 1.04 bits per heavy atom. The van der Waals surface area contributed by atoms with Crippen molar-refractivity contribution < 1.29 is 23.9 Å². The van der Waals surface area contributed by atoms with Gasteiger partial charge in [-0.05, 0) is 79.3 Å². The molecule has 2 aromatic carbocycles. The number of piperidine rings is 1. The molecule has 7 heterocycles. The van der Waals surface area contributed by atoms with Crippen LogP contribution < -0.4 is 20.4 Å². The number of amides is 3. The largest absolute Gasteiger partial charge is 0.504 e. The van der Waals surface area contributed by atoms with Crippen molar-refractivity contribution in [2.75, 3.05) is 54.4 Å². The summed E-state index contributed by atoms with van der Waals surface area (Å²) in [5.41, 5.74) is 6.53. The lowest BCUT2D eigenvalue weighted by molar-refractivity contribution is -0.136. The molecular weight excluding hydrogens is 734 g/mol. The molecule has 5 aliphatic rings. The average molecular weight is 778 g/mol. The van der Waals surface area contributed by atoms with Gasteiger partial charge < -0.3 is 25.1 Å². The minimum Gasteiger partial charge on any atom is -0.504 e. The standard InChI is InChI=1S/C41H44FN9O4S/c1-3-41-18-28(22-51(41)34-17-32(46-47-38(34)44-23-41)29-5-4-6-31(42)37(29)53)56-36-15-24(2)26(19-43-36)20-48-11-13-49(14-12-48)27-8-7-25-21-50(40(55)30(25)16-27)33-9-10-35(52)45-39(33)54/h4-8,15-17,19,28,33,53H,3,9-14,18,20-23H2,1-2H3,(H,44,47)(H,45,52,54)/t28-,33?,41-/m1/s1. The fourth-order valence-electron chi connectivity index (χ4n) is 8.98. The number of aryl methyl sites for hydroxylation is 1. The van der Waals surface area contributed by atoms with Gasteiger partial charge in [0.05, 0.1) is 21.9 Å². The Bertz CT molecular complexity index is 2250. The smallest absolute Gasteiger partial charge is 0.255 e. The van der Waals surface area contributed by atoms with Crippen LogP contribution in [-0.4, -0.2) is 104 Å². The van der Waals surface area contributed by atoms with Crippen LogP contribution >= 0.6 is 11.8 Å². The van der Waals surface area contributed by atoms with Crippen molar-refractivity contribution in [2.45, 2.75) is 74.5 Å². The Kier molecular flexibility index (Phi) is 9.31. The molecule has 0 aliphatic carbocycles. The van der Waals surface area contributed by atoms with E-state index < -0.39 is 23.5 Å². The fourth-order valence-corrected chi connectivity index (χ4v) is 10.3. The van der Waals surface area contributed by atoms with E-state index in [1.54, 1.807) is 17.0 Å². The normalized spacial score (nSPS) is 23.5. The minimum absolute atomic E-state index is 0.114. The number of nitrogens with zero attached hydrogens (tertiary/aromatic N) is 7. The van der Waals surface area contributed by atoms with Gasteiger partial charge in [0, 0.05) is 87.0 Å². The van der Waals surface area contributed by atoms with Gasteiger partial charge in [-0.2, -0.15) is 0 Å². The van der Waals surface area contributed by atoms with E-state index in [2.05, 4.69) is 61.5 Å². The van der Waals surface area contributed by atoms with Gasteiger partial charge >= 0.3 is 0 Å². The number of aromatic nitrogens is 3. The van der Waals surface area contributed by atoms with E-state index in [0.29, 0.717) is 40.9 Å². The van der Waals surface area contributed by atoms with Gasteiger partial charge in [-0.25, -0.2) is 9.37 Å². The van der Waals surface area contributed by atoms with E-state index in [4.69, 9.17) is 4.98 Å². The van der Waals surface area contributed by atoms with Crippen LogP contribution in [0.1, 0.15) is 59.7 Å². The number of carbonyl (C=O) groups is 3. The average Bonchev–Trinajstić information content (AvgIpc) is 3.74. The van der Waals surface area contributed by atoms with E-state index in [9.17, 15) is 23.9 Å². The molecule has 0 radical (unpaired) electrons. The molecule has 5 aliphatic heterocycles. The third kappa shape index (κ3) is 6.49. The molecule has 0 spiro atoms. The number of halogens is 1. The van der Waals surface area contributed by atoms with E-state index in [1.165, 1.54) is 17.2 Å². The van der Waals surface area contributed by atoms with Gasteiger partial charge in [0.25, 0.3) is 5.91 Å². The van der Waals surface area contributed by atoms with Crippen molar-refractivity contribution in [3.05, 3.63) is 82.8 Å². The number of aromatic hydroxyl groups is 1. The summed E-state index contributed by atoms with van der Waals surface area (Å²) in [5.74, 6) is -1.25. The second-order valence-electron chi connectivity index (χ2n) is 15.5. The minimum atomic E-state index is -0.689. The second kappa shape index (κ2) is 14.3. The second-order valence-corrected chi connectivity index (χ2v) is 16.9. The number of phenols is 1. The highest BCUT2D eigenvalue weighted by Gasteiger charge is 2.48. The Morgan fingerprint density at radius 3 is 2.66 bits per heavy atom. The molecule has 0 saturated carbocycles. The quantitative estimate of drug-likeness (QED) is 0.213. The number of rotatable bonds is 8. The molecule has 1 unspecified atom stereocenters. The number of hydrogen-bond acceptors (Lipinski definition) is 12. The Labute approximate surface area is 328 Å². The molecule has 290 valence electrons. The van der Waals surface area contributed by atoms with Crippen LogP contribution in [0.4, 0.5) is 21.6 Å². The first-order valence-corrected chi connectivity index (χ1v) is 20.2. The van der Waals surface area contributed by atoms with Crippen molar-refractivity contribution in [3.8, 4) is 17.0 Å². The molecule has 56 heavy (non-hydrogen) atoms. The zero-order chi connectivity index (χ0) is 38.7. The Balaban J connectivity index is 0.818. The maximum atomic E-state index is 14.2. The number of para-hydroxylation sites is 1. The van der Waals surface area contributed by atoms with Gasteiger partial charge in [-0.15, -0.1) is 22.0 Å². The van der Waals surface area contributed by atoms with Gasteiger partial charge in [-0.1, -0.05) is 19.1 Å². The summed E-state index contributed by atoms with van der Waals surface area (Å²) >= 11 is 1.81. The highest BCUT2D eigenvalue weighted by Crippen LogP contribution is 2.48. The summed E-state index contributed by atoms with van der Waals surface area (Å²) in [6, 6.07) is 14.0. The van der Waals surface area contributed by atoms with Crippen LogP contribution in [0.5, 0.6) is 5.75 Å². The van der Waals surface area contributed by atoms with Crippen molar-refractivity contribution in [1.29, 1.82) is 0 Å². The van der Waals surface area contributed by atoms with Gasteiger partial charge in [0.1, 0.15) is 6.04 Å². The van der Waals surface area contributed by atoms with Crippen molar-refractivity contribution in [3.63, 3.8) is 0 Å². The summed E-state index contributed by atoms with van der Waals surface area (Å²) in [4.78, 5) is 51.2. The zero-order valence-electron chi connectivity index (χ0n) is 31.4. The third-order valence-corrected chi connectivity index (χ3v) is 13.4. The monoisotopic (exact) mass is 777 g/mol. The molecule has 4 aromatic rings. The number of pyridine rings is 1. The number of piperazine rings is 1. The molecular formula is C41H44FN9O4S. The van der Waals surface area contributed by atoms with Crippen molar-refractivity contribution in [1.82, 2.24) is 30.3 Å². The number of imide groups is 1. The number of anilines is 3. The number of phenolic OH excluding ortho intramolecular Hbond substituents is 1. The summed E-state index contributed by atoms with van der Waals surface area (Å²) in [6.45, 7) is 10.5. The van der Waals surface area contributed by atoms with Crippen molar-refractivity contribution >= 4 is 46.7 Å². The number of benzene rings is 2. The first kappa shape index (κ1) is 36.4. The Hall–Kier alpha value is -5.28. The van der Waals surface area contributed by atoms with Gasteiger partial charge in [0.15, 0.2) is 17.4 Å². The van der Waals surface area contributed by atoms with Crippen LogP contribution in [0, 0.1) is 12.7 Å². The van der Waals surface area contributed by atoms with Crippen LogP contribution in [-0.2, 0) is 22.7 Å². The van der Waals surface area contributed by atoms with Crippen LogP contribution in [0.15, 0.2) is 59.8 Å². The first-order valence-electron chi connectivity index (χ1n) is 19.3. The number of fused-ring (bicyclic) bond motifs is 4. The lowest BCUT2D eigenvalue weighted by atomic mass is 9.90. The molecule has 15 heteroatoms. The lowest BCUT2D eigenvalue weighted by Gasteiger charge is -2.44. The third-order valence-electron chi connectivity index (χ3n) is 12.3. The van der Waals surface area contributed by atoms with E-state index >= 15 is 0 Å². The molecule has 13 nitrogen and oxygen atoms in total. The predicted octanol–water partition coefficient (Wildman–Crippen LogP) is 4.72. The van der Waals surface area contributed by atoms with Crippen LogP contribution in [0.2, 0.25) is 0 Å². The molecule has 0 bridgehead atoms. The summed E-state index contributed by atoms with van der Waals surface area (Å²) in [5, 5.41) is 26.3. The zero-order valence-corrected chi connectivity index (χ0v) is 32.2. The molecule has 9 rings (SSSR count). The molecule has 3 N–H and O–H groups in total. The number of carbonyl (C=O) groups excluding carboxylic acids is 3. The SMILES string of the molecule is CC[C@@]12CNc3nnc(-c4cccc(F)c4O)cc3N1C[C@H](Sc1cc(C)c(CN3CCN(c4ccc5c(c4)C(=O)N(C4CCC(=O)NC4=O)C5)CC3)cn1)C2. The molecule has 3 atom stereocenters. The molecule has 3 fully saturated rings. The lowest BCUT2D eigenvalue weighted by Crippen LogP contribution is -2.52. The van der Waals surface area contributed by atoms with Crippen LogP contribution in [0.25, 0.3) is 11.3 Å². The van der Waals surface area contributed by atoms with Gasteiger partial charge in [-0.3, -0.25) is 24.6 Å². The predicted molar refractivity (Wildman–Crippen MR) is 211 cm³/mol. The number of hydrogen-bond donors (Lipinski definition) is 3.